The molecule has 2 aromatic rings. The molecule has 0 aliphatic carbocycles. The summed E-state index contributed by atoms with van der Waals surface area (Å²) in [5.74, 6) is -1.29. The molecule has 1 heterocycles. The lowest BCUT2D eigenvalue weighted by molar-refractivity contribution is 0.292. The molecule has 0 saturated carbocycles. The van der Waals surface area contributed by atoms with Crippen LogP contribution in [0.3, 0.4) is 0 Å². The molecule has 1 aromatic heterocycles. The summed E-state index contributed by atoms with van der Waals surface area (Å²) >= 11 is 7.09. The lowest BCUT2D eigenvalue weighted by Crippen LogP contribution is -1.95. The molecular formula is C11H7ClF2OS. The summed E-state index contributed by atoms with van der Waals surface area (Å²) in [6.45, 7) is 0.222. The molecular weight excluding hydrogens is 254 g/mol. The van der Waals surface area contributed by atoms with Crippen LogP contribution in [0.5, 0.6) is 5.75 Å². The maximum Gasteiger partial charge on any atom is 0.167 e. The third-order valence-corrected chi connectivity index (χ3v) is 3.10. The van der Waals surface area contributed by atoms with Gasteiger partial charge in [0.05, 0.1) is 4.34 Å². The summed E-state index contributed by atoms with van der Waals surface area (Å²) in [5, 5.41) is 0. The molecule has 0 unspecified atom stereocenters. The third-order valence-electron chi connectivity index (χ3n) is 1.89. The fourth-order valence-corrected chi connectivity index (χ4v) is 2.17. The number of rotatable bonds is 3. The summed E-state index contributed by atoms with van der Waals surface area (Å²) in [7, 11) is 0. The van der Waals surface area contributed by atoms with Crippen molar-refractivity contribution in [2.45, 2.75) is 6.61 Å². The van der Waals surface area contributed by atoms with Crippen LogP contribution in [0.4, 0.5) is 8.78 Å². The van der Waals surface area contributed by atoms with Gasteiger partial charge in [-0.05, 0) is 24.3 Å². The van der Waals surface area contributed by atoms with E-state index in [0.29, 0.717) is 4.34 Å². The maximum absolute atomic E-state index is 13.2. The molecule has 84 valence electrons. The van der Waals surface area contributed by atoms with Crippen LogP contribution in [0.1, 0.15) is 4.88 Å². The minimum atomic E-state index is -0.706. The number of ether oxygens (including phenoxy) is 1. The quantitative estimate of drug-likeness (QED) is 0.801. The van der Waals surface area contributed by atoms with Crippen LogP contribution in [0.15, 0.2) is 30.3 Å². The summed E-state index contributed by atoms with van der Waals surface area (Å²) < 4.78 is 31.6. The number of hydrogen-bond donors (Lipinski definition) is 0. The van der Waals surface area contributed by atoms with E-state index in [1.165, 1.54) is 17.4 Å². The highest BCUT2D eigenvalue weighted by Crippen LogP contribution is 2.24. The number of hydrogen-bond acceptors (Lipinski definition) is 2. The van der Waals surface area contributed by atoms with E-state index in [9.17, 15) is 8.78 Å². The van der Waals surface area contributed by atoms with Crippen molar-refractivity contribution in [3.63, 3.8) is 0 Å². The third kappa shape index (κ3) is 2.71. The molecule has 0 radical (unpaired) electrons. The highest BCUT2D eigenvalue weighted by molar-refractivity contribution is 7.16. The van der Waals surface area contributed by atoms with Gasteiger partial charge in [-0.3, -0.25) is 0 Å². The largest absolute Gasteiger partial charge is 0.485 e. The van der Waals surface area contributed by atoms with Crippen LogP contribution >= 0.6 is 22.9 Å². The lowest BCUT2D eigenvalue weighted by Gasteiger charge is -2.05. The van der Waals surface area contributed by atoms with E-state index in [0.717, 1.165) is 17.0 Å². The smallest absolute Gasteiger partial charge is 0.167 e. The molecule has 0 aliphatic rings. The van der Waals surface area contributed by atoms with Crippen molar-refractivity contribution in [3.8, 4) is 5.75 Å². The van der Waals surface area contributed by atoms with Crippen LogP contribution in [-0.4, -0.2) is 0 Å². The molecule has 0 bridgehead atoms. The summed E-state index contributed by atoms with van der Waals surface area (Å²) in [5.41, 5.74) is 0. The Balaban J connectivity index is 2.04. The molecule has 0 amide bonds. The molecule has 1 nitrogen and oxygen atoms in total. The van der Waals surface area contributed by atoms with E-state index in [1.807, 2.05) is 0 Å². The van der Waals surface area contributed by atoms with Gasteiger partial charge in [0.15, 0.2) is 11.6 Å². The Labute approximate surface area is 100 Å². The van der Waals surface area contributed by atoms with Crippen molar-refractivity contribution in [1.29, 1.82) is 0 Å². The van der Waals surface area contributed by atoms with Gasteiger partial charge in [-0.15, -0.1) is 11.3 Å². The normalized spacial score (nSPS) is 10.4. The van der Waals surface area contributed by atoms with Gasteiger partial charge in [0, 0.05) is 10.9 Å². The van der Waals surface area contributed by atoms with Crippen LogP contribution in [0.25, 0.3) is 0 Å². The van der Waals surface area contributed by atoms with E-state index in [1.54, 1.807) is 12.1 Å². The minimum absolute atomic E-state index is 0.0333. The van der Waals surface area contributed by atoms with Crippen LogP contribution in [-0.2, 0) is 6.61 Å². The topological polar surface area (TPSA) is 9.23 Å². The van der Waals surface area contributed by atoms with E-state index in [2.05, 4.69) is 0 Å². The first-order valence-corrected chi connectivity index (χ1v) is 5.66. The average molecular weight is 261 g/mol. The van der Waals surface area contributed by atoms with E-state index >= 15 is 0 Å². The Morgan fingerprint density at radius 3 is 2.62 bits per heavy atom. The van der Waals surface area contributed by atoms with Gasteiger partial charge in [0.1, 0.15) is 12.4 Å². The number of benzene rings is 1. The lowest BCUT2D eigenvalue weighted by atomic mass is 10.3. The molecule has 0 atom stereocenters. The Morgan fingerprint density at radius 1 is 1.19 bits per heavy atom. The molecule has 0 N–H and O–H groups in total. The second kappa shape index (κ2) is 4.80. The molecule has 0 saturated heterocycles. The zero-order valence-corrected chi connectivity index (χ0v) is 9.62. The maximum atomic E-state index is 13.2. The molecule has 1 aromatic carbocycles. The Bertz CT molecular complexity index is 498. The van der Waals surface area contributed by atoms with Crippen LogP contribution in [0, 0.1) is 11.6 Å². The molecule has 5 heteroatoms. The zero-order valence-electron chi connectivity index (χ0n) is 8.04. The Morgan fingerprint density at radius 2 is 2.00 bits per heavy atom. The number of thiophene rings is 1. The van der Waals surface area contributed by atoms with Crippen molar-refractivity contribution < 1.29 is 13.5 Å². The second-order valence-electron chi connectivity index (χ2n) is 3.07. The van der Waals surface area contributed by atoms with Gasteiger partial charge < -0.3 is 4.74 Å². The number of halogens is 3. The van der Waals surface area contributed by atoms with Crippen LogP contribution in [0.2, 0.25) is 4.34 Å². The predicted molar refractivity (Wildman–Crippen MR) is 60.0 cm³/mol. The Kier molecular flexibility index (Phi) is 3.41. The van der Waals surface area contributed by atoms with Gasteiger partial charge in [-0.25, -0.2) is 8.78 Å². The van der Waals surface area contributed by atoms with Crippen molar-refractivity contribution >= 4 is 22.9 Å². The van der Waals surface area contributed by atoms with Crippen molar-refractivity contribution in [1.82, 2.24) is 0 Å². The zero-order chi connectivity index (χ0) is 11.5. The second-order valence-corrected chi connectivity index (χ2v) is 4.87. The molecule has 0 fully saturated rings. The minimum Gasteiger partial charge on any atom is -0.485 e. The molecule has 0 spiro atoms. The molecule has 0 aliphatic heterocycles. The highest BCUT2D eigenvalue weighted by atomic mass is 35.5. The predicted octanol–water partition coefficient (Wildman–Crippen LogP) is 4.26. The van der Waals surface area contributed by atoms with Crippen molar-refractivity contribution in [3.05, 3.63) is 51.2 Å². The fourth-order valence-electron chi connectivity index (χ4n) is 1.17. The molecule has 16 heavy (non-hydrogen) atoms. The van der Waals surface area contributed by atoms with Crippen LogP contribution < -0.4 is 4.74 Å². The summed E-state index contributed by atoms with van der Waals surface area (Å²) in [6.07, 6.45) is 0. The monoisotopic (exact) mass is 260 g/mol. The van der Waals surface area contributed by atoms with Gasteiger partial charge in [-0.1, -0.05) is 11.6 Å². The van der Waals surface area contributed by atoms with Gasteiger partial charge in [0.2, 0.25) is 0 Å². The summed E-state index contributed by atoms with van der Waals surface area (Å²) in [4.78, 5) is 0.883. The first-order valence-electron chi connectivity index (χ1n) is 4.47. The Hall–Kier alpha value is -1.13. The average Bonchev–Trinajstić information content (AvgIpc) is 2.63. The fraction of sp³-hybridized carbons (Fsp3) is 0.0909. The summed E-state index contributed by atoms with van der Waals surface area (Å²) in [6, 6.07) is 6.75. The van der Waals surface area contributed by atoms with E-state index in [-0.39, 0.29) is 12.4 Å². The van der Waals surface area contributed by atoms with E-state index in [4.69, 9.17) is 16.3 Å². The van der Waals surface area contributed by atoms with E-state index < -0.39 is 11.6 Å². The van der Waals surface area contributed by atoms with Gasteiger partial charge in [-0.2, -0.15) is 0 Å². The molecule has 2 rings (SSSR count). The first kappa shape index (κ1) is 11.4. The van der Waals surface area contributed by atoms with Gasteiger partial charge >= 0.3 is 0 Å². The van der Waals surface area contributed by atoms with Crippen molar-refractivity contribution in [2.24, 2.45) is 0 Å². The first-order chi connectivity index (χ1) is 7.65. The highest BCUT2D eigenvalue weighted by Gasteiger charge is 2.05. The van der Waals surface area contributed by atoms with Gasteiger partial charge in [0.25, 0.3) is 0 Å². The SMILES string of the molecule is Fc1ccc(OCc2ccc(Cl)s2)c(F)c1. The van der Waals surface area contributed by atoms with Crippen molar-refractivity contribution in [2.75, 3.05) is 0 Å². The standard InChI is InChI=1S/C11H7ClF2OS/c12-11-4-2-8(16-11)6-15-10-3-1-7(13)5-9(10)14/h1-5H,6H2.